The van der Waals surface area contributed by atoms with Gasteiger partial charge in [-0.3, -0.25) is 0 Å². The van der Waals surface area contributed by atoms with E-state index in [0.29, 0.717) is 11.5 Å². The zero-order chi connectivity index (χ0) is 15.3. The summed E-state index contributed by atoms with van der Waals surface area (Å²) < 4.78 is 33.4. The molecule has 0 aliphatic carbocycles. The number of hydrogen-bond acceptors (Lipinski definition) is 3. The largest absolute Gasteiger partial charge is 0.357 e. The molecule has 0 radical (unpaired) electrons. The molecule has 22 heavy (non-hydrogen) atoms. The lowest BCUT2D eigenvalue weighted by Gasteiger charge is -2.25. The van der Waals surface area contributed by atoms with Crippen LogP contribution in [0.2, 0.25) is 0 Å². The summed E-state index contributed by atoms with van der Waals surface area (Å²) in [6.07, 6.45) is 0.449. The molecule has 0 saturated carbocycles. The van der Waals surface area contributed by atoms with Crippen LogP contribution in [0.15, 0.2) is 53.4 Å². The van der Waals surface area contributed by atoms with Crippen molar-refractivity contribution in [3.05, 3.63) is 59.7 Å². The molecule has 2 aliphatic rings. The van der Waals surface area contributed by atoms with E-state index in [9.17, 15) is 8.42 Å². The summed E-state index contributed by atoms with van der Waals surface area (Å²) in [6.45, 7) is 2.54. The number of benzene rings is 2. The van der Waals surface area contributed by atoms with E-state index >= 15 is 0 Å². The van der Waals surface area contributed by atoms with Gasteiger partial charge in [-0.15, -0.1) is 0 Å². The molecule has 2 heterocycles. The van der Waals surface area contributed by atoms with Gasteiger partial charge in [-0.2, -0.15) is 0 Å². The molecule has 0 N–H and O–H groups in total. The van der Waals surface area contributed by atoms with Crippen LogP contribution in [0.3, 0.4) is 0 Å². The minimum atomic E-state index is -3.61. The van der Waals surface area contributed by atoms with Crippen LogP contribution in [0.25, 0.3) is 0 Å². The summed E-state index contributed by atoms with van der Waals surface area (Å²) >= 11 is 0. The molecule has 0 unspecified atom stereocenters. The third-order valence-corrected chi connectivity index (χ3v) is 6.23. The van der Waals surface area contributed by atoms with Gasteiger partial charge in [0.05, 0.1) is 17.2 Å². The number of anilines is 1. The second-order valence-corrected chi connectivity index (χ2v) is 7.64. The molecular weight excluding hydrogens is 298 g/mol. The van der Waals surface area contributed by atoms with E-state index in [1.165, 1.54) is 4.31 Å². The van der Waals surface area contributed by atoms with Crippen LogP contribution in [0.4, 0.5) is 5.69 Å². The van der Waals surface area contributed by atoms with E-state index in [1.54, 1.807) is 12.1 Å². The molecule has 0 bridgehead atoms. The van der Waals surface area contributed by atoms with Crippen molar-refractivity contribution in [3.63, 3.8) is 0 Å². The topological polar surface area (TPSA) is 46.6 Å². The highest BCUT2D eigenvalue weighted by molar-refractivity contribution is 7.92. The van der Waals surface area contributed by atoms with Gasteiger partial charge in [0.2, 0.25) is 0 Å². The van der Waals surface area contributed by atoms with Gasteiger partial charge >= 0.3 is 0 Å². The molecule has 2 aromatic rings. The predicted octanol–water partition coefficient (Wildman–Crippen LogP) is 3.03. The molecule has 2 atom stereocenters. The lowest BCUT2D eigenvalue weighted by atomic mass is 9.99. The first kappa shape index (κ1) is 13.8. The van der Waals surface area contributed by atoms with E-state index < -0.39 is 16.3 Å². The molecule has 2 aromatic carbocycles. The number of nitrogens with zero attached hydrogens (tertiary/aromatic N) is 1. The number of aryl methyl sites for hydroxylation is 1. The lowest BCUT2D eigenvalue weighted by Crippen LogP contribution is -2.38. The molecule has 0 aromatic heterocycles. The van der Waals surface area contributed by atoms with E-state index in [-0.39, 0.29) is 5.92 Å². The second-order valence-electron chi connectivity index (χ2n) is 5.83. The fourth-order valence-electron chi connectivity index (χ4n) is 3.34. The Morgan fingerprint density at radius 2 is 1.82 bits per heavy atom. The highest BCUT2D eigenvalue weighted by Crippen LogP contribution is 2.48. The van der Waals surface area contributed by atoms with Gasteiger partial charge in [0.25, 0.3) is 10.0 Å². The highest BCUT2D eigenvalue weighted by Gasteiger charge is 2.47. The maximum Gasteiger partial charge on any atom is 0.266 e. The fraction of sp³-hybridized carbons (Fsp3) is 0.294. The van der Waals surface area contributed by atoms with Gasteiger partial charge < -0.3 is 4.74 Å². The second kappa shape index (κ2) is 4.83. The van der Waals surface area contributed by atoms with Gasteiger partial charge in [0, 0.05) is 5.92 Å². The minimum Gasteiger partial charge on any atom is -0.357 e. The van der Waals surface area contributed by atoms with Crippen LogP contribution in [0, 0.1) is 6.92 Å². The van der Waals surface area contributed by atoms with Crippen molar-refractivity contribution in [3.8, 4) is 0 Å². The average molecular weight is 315 g/mol. The van der Waals surface area contributed by atoms with E-state index in [1.807, 2.05) is 43.3 Å². The Labute approximate surface area is 130 Å². The van der Waals surface area contributed by atoms with Crippen LogP contribution < -0.4 is 4.31 Å². The maximum atomic E-state index is 13.1. The maximum absolute atomic E-state index is 13.1. The third kappa shape index (κ3) is 1.89. The van der Waals surface area contributed by atoms with Crippen molar-refractivity contribution in [2.75, 3.05) is 10.9 Å². The van der Waals surface area contributed by atoms with Crippen LogP contribution >= 0.6 is 0 Å². The molecular formula is C17H17NO3S. The van der Waals surface area contributed by atoms with Crippen LogP contribution in [0.1, 0.15) is 23.5 Å². The zero-order valence-electron chi connectivity index (χ0n) is 12.3. The number of rotatable bonds is 2. The molecule has 0 spiro atoms. The van der Waals surface area contributed by atoms with Crippen LogP contribution in [0.5, 0.6) is 0 Å². The van der Waals surface area contributed by atoms with Crippen molar-refractivity contribution in [1.82, 2.24) is 0 Å². The summed E-state index contributed by atoms with van der Waals surface area (Å²) in [7, 11) is -3.61. The Kier molecular flexibility index (Phi) is 3.03. The monoisotopic (exact) mass is 315 g/mol. The molecule has 1 saturated heterocycles. The Morgan fingerprint density at radius 3 is 2.59 bits per heavy atom. The van der Waals surface area contributed by atoms with Crippen molar-refractivity contribution in [1.29, 1.82) is 0 Å². The van der Waals surface area contributed by atoms with Gasteiger partial charge in [-0.25, -0.2) is 12.7 Å². The first-order valence-electron chi connectivity index (χ1n) is 7.41. The SMILES string of the molecule is Cc1ccc(S(=O)(=O)N2c3ccccc3[C@H]3CCO[C@H]32)cc1. The Hall–Kier alpha value is -1.85. The smallest absolute Gasteiger partial charge is 0.266 e. The van der Waals surface area contributed by atoms with Gasteiger partial charge in [-0.1, -0.05) is 35.9 Å². The fourth-order valence-corrected chi connectivity index (χ4v) is 4.96. The summed E-state index contributed by atoms with van der Waals surface area (Å²) in [5, 5.41) is 0. The van der Waals surface area contributed by atoms with Gasteiger partial charge in [0.1, 0.15) is 0 Å². The molecule has 4 rings (SSSR count). The van der Waals surface area contributed by atoms with Crippen molar-refractivity contribution >= 4 is 15.7 Å². The number of hydrogen-bond donors (Lipinski definition) is 0. The predicted molar refractivity (Wildman–Crippen MR) is 84.4 cm³/mol. The third-order valence-electron chi connectivity index (χ3n) is 4.44. The van der Waals surface area contributed by atoms with Crippen LogP contribution in [-0.2, 0) is 14.8 Å². The molecule has 0 amide bonds. The van der Waals surface area contributed by atoms with E-state index in [0.717, 1.165) is 23.2 Å². The summed E-state index contributed by atoms with van der Waals surface area (Å²) in [5.74, 6) is 0.136. The lowest BCUT2D eigenvalue weighted by molar-refractivity contribution is 0.118. The molecule has 1 fully saturated rings. The molecule has 2 aliphatic heterocycles. The standard InChI is InChI=1S/C17H17NO3S/c1-12-6-8-13(9-7-12)22(19,20)18-16-5-3-2-4-14(16)15-10-11-21-17(15)18/h2-9,15,17H,10-11H2,1H3/t15-,17-/m1/s1. The normalized spacial score (nSPS) is 23.4. The summed E-state index contributed by atoms with van der Waals surface area (Å²) in [6, 6.07) is 14.7. The number of para-hydroxylation sites is 1. The number of ether oxygens (including phenoxy) is 1. The average Bonchev–Trinajstić information content (AvgIpc) is 3.07. The van der Waals surface area contributed by atoms with Gasteiger partial charge in [-0.05, 0) is 37.1 Å². The zero-order valence-corrected chi connectivity index (χ0v) is 13.1. The first-order chi connectivity index (χ1) is 10.6. The van der Waals surface area contributed by atoms with E-state index in [2.05, 4.69) is 0 Å². The van der Waals surface area contributed by atoms with E-state index in [4.69, 9.17) is 4.74 Å². The molecule has 4 nitrogen and oxygen atoms in total. The number of fused-ring (bicyclic) bond motifs is 3. The van der Waals surface area contributed by atoms with Crippen LogP contribution in [-0.4, -0.2) is 21.3 Å². The minimum absolute atomic E-state index is 0.136. The Morgan fingerprint density at radius 1 is 1.09 bits per heavy atom. The highest BCUT2D eigenvalue weighted by atomic mass is 32.2. The van der Waals surface area contributed by atoms with Crippen molar-refractivity contribution in [2.45, 2.75) is 30.4 Å². The molecule has 5 heteroatoms. The van der Waals surface area contributed by atoms with Crippen molar-refractivity contribution in [2.24, 2.45) is 0 Å². The van der Waals surface area contributed by atoms with Crippen molar-refractivity contribution < 1.29 is 13.2 Å². The van der Waals surface area contributed by atoms with Gasteiger partial charge in [0.15, 0.2) is 6.23 Å². The Balaban J connectivity index is 1.86. The summed E-state index contributed by atoms with van der Waals surface area (Å²) in [4.78, 5) is 0.309. The molecule has 114 valence electrons. The Bertz CT molecular complexity index is 814. The first-order valence-corrected chi connectivity index (χ1v) is 8.85. The number of sulfonamides is 1. The quantitative estimate of drug-likeness (QED) is 0.856. The summed E-state index contributed by atoms with van der Waals surface area (Å²) in [5.41, 5.74) is 2.86.